The molecule has 0 saturated carbocycles. The van der Waals surface area contributed by atoms with Crippen molar-refractivity contribution in [3.63, 3.8) is 0 Å². The van der Waals surface area contributed by atoms with Crippen molar-refractivity contribution in [3.05, 3.63) is 29.3 Å². The first-order valence-corrected chi connectivity index (χ1v) is 4.56. The molecule has 7 heteroatoms. The SMILES string of the molecule is CN(C)c1c([C@@H](O)C(F)(F)F)ccc(F)c1F. The lowest BCUT2D eigenvalue weighted by atomic mass is 10.1. The first kappa shape index (κ1) is 13.7. The van der Waals surface area contributed by atoms with Crippen LogP contribution in [0.25, 0.3) is 0 Å². The topological polar surface area (TPSA) is 23.5 Å². The van der Waals surface area contributed by atoms with Crippen molar-refractivity contribution < 1.29 is 27.1 Å². The normalized spacial score (nSPS) is 13.6. The Morgan fingerprint density at radius 2 is 1.71 bits per heavy atom. The molecule has 1 rings (SSSR count). The van der Waals surface area contributed by atoms with Crippen LogP contribution in [0.4, 0.5) is 27.6 Å². The Morgan fingerprint density at radius 1 is 1.18 bits per heavy atom. The summed E-state index contributed by atoms with van der Waals surface area (Å²) in [5, 5.41) is 9.06. The van der Waals surface area contributed by atoms with Gasteiger partial charge in [0.1, 0.15) is 0 Å². The van der Waals surface area contributed by atoms with Crippen molar-refractivity contribution in [1.29, 1.82) is 0 Å². The lowest BCUT2D eigenvalue weighted by molar-refractivity contribution is -0.206. The van der Waals surface area contributed by atoms with E-state index in [1.807, 2.05) is 0 Å². The van der Waals surface area contributed by atoms with Gasteiger partial charge in [-0.3, -0.25) is 0 Å². The molecule has 0 bridgehead atoms. The Balaban J connectivity index is 3.39. The first-order chi connectivity index (χ1) is 7.66. The summed E-state index contributed by atoms with van der Waals surface area (Å²) >= 11 is 0. The summed E-state index contributed by atoms with van der Waals surface area (Å²) in [6, 6.07) is 1.26. The number of halogens is 5. The lowest BCUT2D eigenvalue weighted by Gasteiger charge is -2.23. The zero-order valence-corrected chi connectivity index (χ0v) is 9.02. The number of nitrogens with zero attached hydrogens (tertiary/aromatic N) is 1. The molecular weight excluding hydrogens is 245 g/mol. The van der Waals surface area contributed by atoms with Gasteiger partial charge in [0, 0.05) is 19.7 Å². The second-order valence-corrected chi connectivity index (χ2v) is 3.64. The largest absolute Gasteiger partial charge is 0.418 e. The van der Waals surface area contributed by atoms with Gasteiger partial charge in [0.05, 0.1) is 5.69 Å². The van der Waals surface area contributed by atoms with E-state index in [0.717, 1.165) is 4.90 Å². The number of aliphatic hydroxyl groups is 1. The Labute approximate surface area is 94.3 Å². The van der Waals surface area contributed by atoms with Gasteiger partial charge >= 0.3 is 6.18 Å². The zero-order valence-electron chi connectivity index (χ0n) is 9.02. The summed E-state index contributed by atoms with van der Waals surface area (Å²) < 4.78 is 63.3. The predicted octanol–water partition coefficient (Wildman–Crippen LogP) is 2.63. The molecule has 0 radical (unpaired) electrons. The van der Waals surface area contributed by atoms with Crippen LogP contribution in [0.3, 0.4) is 0 Å². The van der Waals surface area contributed by atoms with Crippen LogP contribution in [0, 0.1) is 11.6 Å². The Morgan fingerprint density at radius 3 is 2.12 bits per heavy atom. The minimum atomic E-state index is -4.94. The summed E-state index contributed by atoms with van der Waals surface area (Å²) in [5.41, 5.74) is -1.34. The van der Waals surface area contributed by atoms with E-state index < -0.39 is 35.2 Å². The van der Waals surface area contributed by atoms with Crippen LogP contribution in [0.2, 0.25) is 0 Å². The molecule has 1 aromatic carbocycles. The number of aliphatic hydroxyl groups excluding tert-OH is 1. The quantitative estimate of drug-likeness (QED) is 0.821. The average molecular weight is 255 g/mol. The Hall–Kier alpha value is -1.37. The van der Waals surface area contributed by atoms with Crippen molar-refractivity contribution in [3.8, 4) is 0 Å². The molecule has 0 heterocycles. The molecule has 1 atom stereocenters. The fraction of sp³-hybridized carbons (Fsp3) is 0.400. The van der Waals surface area contributed by atoms with Gasteiger partial charge in [-0.25, -0.2) is 8.78 Å². The van der Waals surface area contributed by atoms with Gasteiger partial charge in [-0.05, 0) is 6.07 Å². The fourth-order valence-corrected chi connectivity index (χ4v) is 1.41. The van der Waals surface area contributed by atoms with Gasteiger partial charge < -0.3 is 10.0 Å². The monoisotopic (exact) mass is 255 g/mol. The number of rotatable bonds is 2. The third-order valence-corrected chi connectivity index (χ3v) is 2.15. The minimum absolute atomic E-state index is 0.548. The van der Waals surface area contributed by atoms with Crippen LogP contribution in [-0.4, -0.2) is 25.4 Å². The third kappa shape index (κ3) is 2.66. The van der Waals surface area contributed by atoms with Crippen LogP contribution >= 0.6 is 0 Å². The van der Waals surface area contributed by atoms with Gasteiger partial charge in [-0.1, -0.05) is 6.07 Å². The first-order valence-electron chi connectivity index (χ1n) is 4.56. The molecule has 0 fully saturated rings. The molecular formula is C10H10F5NO. The van der Waals surface area contributed by atoms with E-state index in [1.165, 1.54) is 14.1 Å². The highest BCUT2D eigenvalue weighted by Gasteiger charge is 2.41. The predicted molar refractivity (Wildman–Crippen MR) is 51.7 cm³/mol. The van der Waals surface area contributed by atoms with Crippen LogP contribution in [-0.2, 0) is 0 Å². The molecule has 0 aromatic heterocycles. The molecule has 96 valence electrons. The van der Waals surface area contributed by atoms with Gasteiger partial charge in [-0.15, -0.1) is 0 Å². The smallest absolute Gasteiger partial charge is 0.379 e. The summed E-state index contributed by atoms with van der Waals surface area (Å²) in [7, 11) is 2.51. The summed E-state index contributed by atoms with van der Waals surface area (Å²) in [5.74, 6) is -2.69. The highest BCUT2D eigenvalue weighted by molar-refractivity contribution is 5.55. The molecule has 0 aliphatic carbocycles. The van der Waals surface area contributed by atoms with Crippen LogP contribution in [0.1, 0.15) is 11.7 Å². The third-order valence-electron chi connectivity index (χ3n) is 2.15. The van der Waals surface area contributed by atoms with Crippen molar-refractivity contribution in [2.45, 2.75) is 12.3 Å². The van der Waals surface area contributed by atoms with Crippen LogP contribution in [0.15, 0.2) is 12.1 Å². The van der Waals surface area contributed by atoms with E-state index in [9.17, 15) is 22.0 Å². The molecule has 0 aliphatic rings. The van der Waals surface area contributed by atoms with Crippen molar-refractivity contribution in [1.82, 2.24) is 0 Å². The molecule has 17 heavy (non-hydrogen) atoms. The molecule has 0 saturated heterocycles. The number of hydrogen-bond donors (Lipinski definition) is 1. The Kier molecular flexibility index (Phi) is 3.61. The molecule has 1 aromatic rings. The highest BCUT2D eigenvalue weighted by Crippen LogP contribution is 2.38. The summed E-state index contributed by atoms with van der Waals surface area (Å²) in [4.78, 5) is 0.975. The van der Waals surface area contributed by atoms with E-state index in [0.29, 0.717) is 12.1 Å². The van der Waals surface area contributed by atoms with E-state index in [2.05, 4.69) is 0 Å². The van der Waals surface area contributed by atoms with E-state index in [-0.39, 0.29) is 0 Å². The van der Waals surface area contributed by atoms with Crippen molar-refractivity contribution in [2.75, 3.05) is 19.0 Å². The summed E-state index contributed by atoms with van der Waals surface area (Å²) in [6.07, 6.45) is -7.79. The van der Waals surface area contributed by atoms with Gasteiger partial charge in [-0.2, -0.15) is 13.2 Å². The van der Waals surface area contributed by atoms with Gasteiger partial charge in [0.25, 0.3) is 0 Å². The molecule has 2 nitrogen and oxygen atoms in total. The zero-order chi connectivity index (χ0) is 13.4. The van der Waals surface area contributed by atoms with E-state index in [4.69, 9.17) is 5.11 Å². The van der Waals surface area contributed by atoms with Crippen LogP contribution < -0.4 is 4.90 Å². The maximum Gasteiger partial charge on any atom is 0.418 e. The average Bonchev–Trinajstić information content (AvgIpc) is 2.18. The maximum atomic E-state index is 13.4. The van der Waals surface area contributed by atoms with Gasteiger partial charge in [0.15, 0.2) is 17.7 Å². The van der Waals surface area contributed by atoms with Crippen molar-refractivity contribution >= 4 is 5.69 Å². The lowest BCUT2D eigenvalue weighted by Crippen LogP contribution is -2.24. The molecule has 0 spiro atoms. The second kappa shape index (κ2) is 4.48. The number of hydrogen-bond acceptors (Lipinski definition) is 2. The molecule has 0 aliphatic heterocycles. The fourth-order valence-electron chi connectivity index (χ4n) is 1.41. The minimum Gasteiger partial charge on any atom is -0.379 e. The molecule has 1 N–H and O–H groups in total. The Bertz CT molecular complexity index is 416. The standard InChI is InChI=1S/C10H10F5NO/c1-16(2)8-5(9(17)10(13,14)15)3-4-6(11)7(8)12/h3-4,9,17H,1-2H3/t9-/m1/s1. The van der Waals surface area contributed by atoms with Gasteiger partial charge in [0.2, 0.25) is 0 Å². The van der Waals surface area contributed by atoms with E-state index in [1.54, 1.807) is 0 Å². The number of anilines is 1. The maximum absolute atomic E-state index is 13.4. The van der Waals surface area contributed by atoms with Crippen molar-refractivity contribution in [2.24, 2.45) is 0 Å². The number of alkyl halides is 3. The van der Waals surface area contributed by atoms with E-state index >= 15 is 0 Å². The molecule has 0 unspecified atom stereocenters. The molecule has 0 amide bonds. The second-order valence-electron chi connectivity index (χ2n) is 3.64. The summed E-state index contributed by atoms with van der Waals surface area (Å²) in [6.45, 7) is 0. The number of benzene rings is 1. The van der Waals surface area contributed by atoms with Crippen LogP contribution in [0.5, 0.6) is 0 Å². The highest BCUT2D eigenvalue weighted by atomic mass is 19.4.